The highest BCUT2D eigenvalue weighted by molar-refractivity contribution is 5.72. The van der Waals surface area contributed by atoms with Crippen LogP contribution in [-0.2, 0) is 14.3 Å². The maximum absolute atomic E-state index is 10.4. The molecule has 9 heavy (non-hydrogen) atoms. The molecule has 51 valence electrons. The van der Waals surface area contributed by atoms with Gasteiger partial charge in [-0.2, -0.15) is 0 Å². The van der Waals surface area contributed by atoms with Crippen molar-refractivity contribution in [2.45, 2.75) is 19.8 Å². The van der Waals surface area contributed by atoms with Crippen LogP contribution in [0.3, 0.4) is 0 Å². The first-order valence-corrected chi connectivity index (χ1v) is 2.82. The Bertz CT molecular complexity index is 98.5. The van der Waals surface area contributed by atoms with E-state index < -0.39 is 0 Å². The van der Waals surface area contributed by atoms with Gasteiger partial charge < -0.3 is 4.74 Å². The highest BCUT2D eigenvalue weighted by Gasteiger charge is 1.98. The summed E-state index contributed by atoms with van der Waals surface area (Å²) in [5.74, 6) is -0.333. The van der Waals surface area contributed by atoms with Gasteiger partial charge in [0.15, 0.2) is 6.29 Å². The molecule has 0 heterocycles. The van der Waals surface area contributed by atoms with Gasteiger partial charge in [0.2, 0.25) is 0 Å². The number of esters is 1. The zero-order valence-electron chi connectivity index (χ0n) is 5.35. The van der Waals surface area contributed by atoms with Crippen molar-refractivity contribution in [2.24, 2.45) is 0 Å². The van der Waals surface area contributed by atoms with Crippen LogP contribution in [0.1, 0.15) is 19.8 Å². The topological polar surface area (TPSA) is 43.4 Å². The molecule has 0 amide bonds. The van der Waals surface area contributed by atoms with Crippen molar-refractivity contribution >= 4 is 12.3 Å². The summed E-state index contributed by atoms with van der Waals surface area (Å²) in [4.78, 5) is 20.0. The van der Waals surface area contributed by atoms with Gasteiger partial charge >= 0.3 is 5.97 Å². The van der Waals surface area contributed by atoms with Crippen molar-refractivity contribution in [3.05, 3.63) is 0 Å². The van der Waals surface area contributed by atoms with Gasteiger partial charge in [0.1, 0.15) is 0 Å². The molecule has 1 radical (unpaired) electrons. The van der Waals surface area contributed by atoms with E-state index in [9.17, 15) is 9.59 Å². The molecular weight excluding hydrogens is 120 g/mol. The molecule has 0 saturated heterocycles. The molecule has 0 aromatic heterocycles. The molecule has 0 fully saturated rings. The number of ether oxygens (including phenoxy) is 1. The fraction of sp³-hybridized carbons (Fsp3) is 0.667. The number of carbonyl (C=O) groups excluding carboxylic acids is 2. The third kappa shape index (κ3) is 5.00. The fourth-order valence-electron chi connectivity index (χ4n) is 0.386. The molecule has 0 aromatic carbocycles. The normalized spacial score (nSPS) is 8.56. The van der Waals surface area contributed by atoms with Gasteiger partial charge in [-0.1, -0.05) is 0 Å². The summed E-state index contributed by atoms with van der Waals surface area (Å²) in [7, 11) is 0. The summed E-state index contributed by atoms with van der Waals surface area (Å²) >= 11 is 0. The molecule has 0 aliphatic rings. The van der Waals surface area contributed by atoms with E-state index in [2.05, 4.69) is 4.74 Å². The van der Waals surface area contributed by atoms with Crippen LogP contribution in [0, 0.1) is 0 Å². The Labute approximate surface area is 54.0 Å². The minimum Gasteiger partial charge on any atom is -0.466 e. The molecule has 0 aliphatic carbocycles. The second kappa shape index (κ2) is 5.28. The maximum Gasteiger partial charge on any atom is 0.306 e. The molecule has 0 atom stereocenters. The lowest BCUT2D eigenvalue weighted by Gasteiger charge is -1.95. The van der Waals surface area contributed by atoms with Crippen LogP contribution >= 0.6 is 0 Å². The molecule has 0 aromatic rings. The Morgan fingerprint density at radius 2 is 2.33 bits per heavy atom. The quantitative estimate of drug-likeness (QED) is 0.517. The smallest absolute Gasteiger partial charge is 0.306 e. The molecule has 0 saturated carbocycles. The Morgan fingerprint density at radius 3 is 2.78 bits per heavy atom. The monoisotopic (exact) mass is 129 g/mol. The third-order valence-electron chi connectivity index (χ3n) is 0.737. The number of hydrogen-bond donors (Lipinski definition) is 0. The van der Waals surface area contributed by atoms with Gasteiger partial charge in [-0.05, 0) is 6.92 Å². The van der Waals surface area contributed by atoms with E-state index in [1.165, 1.54) is 0 Å². The maximum atomic E-state index is 10.4. The van der Waals surface area contributed by atoms with Crippen LogP contribution in [0.25, 0.3) is 0 Å². The Hall–Kier alpha value is -0.860. The van der Waals surface area contributed by atoms with Crippen LogP contribution in [0.15, 0.2) is 0 Å². The van der Waals surface area contributed by atoms with Crippen LogP contribution in [0.5, 0.6) is 0 Å². The average Bonchev–Trinajstić information content (AvgIpc) is 1.85. The van der Waals surface area contributed by atoms with Gasteiger partial charge in [-0.3, -0.25) is 9.59 Å². The van der Waals surface area contributed by atoms with Crippen molar-refractivity contribution in [2.75, 3.05) is 6.61 Å². The van der Waals surface area contributed by atoms with Gasteiger partial charge in [0.05, 0.1) is 13.0 Å². The number of hydrogen-bond acceptors (Lipinski definition) is 3. The third-order valence-corrected chi connectivity index (χ3v) is 0.737. The van der Waals surface area contributed by atoms with Crippen molar-refractivity contribution in [3.8, 4) is 0 Å². The zero-order chi connectivity index (χ0) is 7.11. The minimum atomic E-state index is -0.333. The Balaban J connectivity index is 3.16. The van der Waals surface area contributed by atoms with E-state index in [0.717, 1.165) is 0 Å². The van der Waals surface area contributed by atoms with Crippen molar-refractivity contribution in [1.82, 2.24) is 0 Å². The second-order valence-corrected chi connectivity index (χ2v) is 1.45. The highest BCUT2D eigenvalue weighted by atomic mass is 16.5. The molecule has 0 aliphatic heterocycles. The number of carbonyl (C=O) groups is 1. The van der Waals surface area contributed by atoms with E-state index in [1.54, 1.807) is 13.2 Å². The summed E-state index contributed by atoms with van der Waals surface area (Å²) in [5, 5.41) is 0. The van der Waals surface area contributed by atoms with Gasteiger partial charge in [0, 0.05) is 6.42 Å². The molecule has 3 nitrogen and oxygen atoms in total. The van der Waals surface area contributed by atoms with Crippen LogP contribution < -0.4 is 0 Å². The van der Waals surface area contributed by atoms with Gasteiger partial charge in [-0.25, -0.2) is 0 Å². The van der Waals surface area contributed by atoms with Crippen LogP contribution in [0.4, 0.5) is 0 Å². The van der Waals surface area contributed by atoms with Gasteiger partial charge in [-0.15, -0.1) is 0 Å². The minimum absolute atomic E-state index is 0.138. The summed E-state index contributed by atoms with van der Waals surface area (Å²) in [6.45, 7) is 2.10. The summed E-state index contributed by atoms with van der Waals surface area (Å²) < 4.78 is 4.53. The largest absolute Gasteiger partial charge is 0.466 e. The van der Waals surface area contributed by atoms with E-state index in [4.69, 9.17) is 0 Å². The summed E-state index contributed by atoms with van der Waals surface area (Å²) in [5.41, 5.74) is 0. The summed E-state index contributed by atoms with van der Waals surface area (Å²) in [6, 6.07) is 0. The molecule has 0 N–H and O–H groups in total. The average molecular weight is 129 g/mol. The predicted octanol–water partition coefficient (Wildman–Crippen LogP) is 0.439. The lowest BCUT2D eigenvalue weighted by molar-refractivity contribution is -0.142. The molecule has 0 rings (SSSR count). The lowest BCUT2D eigenvalue weighted by Crippen LogP contribution is -2.03. The van der Waals surface area contributed by atoms with Gasteiger partial charge in [0.25, 0.3) is 0 Å². The SMILES string of the molecule is CCOC(=O)CC[C]=O. The van der Waals surface area contributed by atoms with Crippen molar-refractivity contribution in [3.63, 3.8) is 0 Å². The zero-order valence-corrected chi connectivity index (χ0v) is 5.35. The molecular formula is C6H9O3. The standard InChI is InChI=1S/C6H9O3/c1-2-9-6(8)4-3-5-7/h2-4H2,1H3. The van der Waals surface area contributed by atoms with Crippen LogP contribution in [0.2, 0.25) is 0 Å². The highest BCUT2D eigenvalue weighted by Crippen LogP contribution is 1.88. The van der Waals surface area contributed by atoms with Crippen molar-refractivity contribution in [1.29, 1.82) is 0 Å². The lowest BCUT2D eigenvalue weighted by atomic mass is 10.3. The van der Waals surface area contributed by atoms with Crippen LogP contribution in [-0.4, -0.2) is 18.9 Å². The summed E-state index contributed by atoms with van der Waals surface area (Å²) in [6.07, 6.45) is 1.89. The molecule has 0 unspecified atom stereocenters. The second-order valence-electron chi connectivity index (χ2n) is 1.45. The van der Waals surface area contributed by atoms with E-state index in [0.29, 0.717) is 6.61 Å². The molecule has 0 spiro atoms. The first kappa shape index (κ1) is 8.14. The van der Waals surface area contributed by atoms with Crippen molar-refractivity contribution < 1.29 is 14.3 Å². The number of rotatable bonds is 4. The fourth-order valence-corrected chi connectivity index (χ4v) is 0.386. The van der Waals surface area contributed by atoms with E-state index in [-0.39, 0.29) is 18.8 Å². The van der Waals surface area contributed by atoms with E-state index >= 15 is 0 Å². The molecule has 0 bridgehead atoms. The molecule has 3 heteroatoms. The first-order valence-electron chi connectivity index (χ1n) is 2.82. The Kier molecular flexibility index (Phi) is 4.78. The first-order chi connectivity index (χ1) is 4.31. The Morgan fingerprint density at radius 1 is 1.67 bits per heavy atom. The van der Waals surface area contributed by atoms with E-state index in [1.807, 2.05) is 0 Å². The predicted molar refractivity (Wildman–Crippen MR) is 31.6 cm³/mol.